The molecule has 96 valence electrons. The number of carbonyl (C=O) groups is 1. The average Bonchev–Trinajstić information content (AvgIpc) is 2.37. The third-order valence-electron chi connectivity index (χ3n) is 2.57. The van der Waals surface area contributed by atoms with Crippen molar-refractivity contribution in [1.82, 2.24) is 4.98 Å². The molecule has 0 radical (unpaired) electrons. The minimum absolute atomic E-state index is 0.0172. The summed E-state index contributed by atoms with van der Waals surface area (Å²) in [7, 11) is 0. The predicted molar refractivity (Wildman–Crippen MR) is 66.1 cm³/mol. The lowest BCUT2D eigenvalue weighted by atomic mass is 10.00. The minimum Gasteiger partial charge on any atom is -0.477 e. The highest BCUT2D eigenvalue weighted by atomic mass is 16.6. The number of aromatic carboxylic acids is 1. The maximum Gasteiger partial charge on any atom is 0.341 e. The fourth-order valence-corrected chi connectivity index (χ4v) is 1.78. The number of carboxylic acids is 1. The first-order valence-electron chi connectivity index (χ1n) is 5.21. The highest BCUT2D eigenvalue weighted by Crippen LogP contribution is 2.30. The van der Waals surface area contributed by atoms with Gasteiger partial charge < -0.3 is 10.1 Å². The average molecular weight is 260 g/mol. The monoisotopic (exact) mass is 260 g/mol. The van der Waals surface area contributed by atoms with Crippen LogP contribution in [-0.4, -0.2) is 21.0 Å². The summed E-state index contributed by atoms with van der Waals surface area (Å²) in [6.07, 6.45) is 1.25. The fraction of sp³-hybridized carbons (Fsp3) is 0. The molecule has 19 heavy (non-hydrogen) atoms. The number of nitro groups is 1. The van der Waals surface area contributed by atoms with E-state index in [1.165, 1.54) is 36.5 Å². The number of nitro benzene ring substituents is 1. The molecule has 0 bridgehead atoms. The molecule has 7 heteroatoms. The molecule has 0 saturated heterocycles. The number of benzene rings is 1. The van der Waals surface area contributed by atoms with Gasteiger partial charge in [0.2, 0.25) is 0 Å². The summed E-state index contributed by atoms with van der Waals surface area (Å²) in [4.78, 5) is 35.2. The Morgan fingerprint density at radius 3 is 2.53 bits per heavy atom. The van der Waals surface area contributed by atoms with E-state index in [0.717, 1.165) is 0 Å². The van der Waals surface area contributed by atoms with Gasteiger partial charge in [-0.3, -0.25) is 14.9 Å². The number of pyridine rings is 1. The molecule has 1 heterocycles. The van der Waals surface area contributed by atoms with Gasteiger partial charge in [0.05, 0.1) is 10.5 Å². The SMILES string of the molecule is O=C(O)c1c(-c2ccccc2[N+](=O)[O-])cc[nH]c1=O. The van der Waals surface area contributed by atoms with Crippen LogP contribution in [0.1, 0.15) is 10.4 Å². The zero-order chi connectivity index (χ0) is 14.0. The molecule has 0 unspecified atom stereocenters. The van der Waals surface area contributed by atoms with Crippen LogP contribution in [0.4, 0.5) is 5.69 Å². The Morgan fingerprint density at radius 1 is 1.21 bits per heavy atom. The molecule has 0 saturated carbocycles. The highest BCUT2D eigenvalue weighted by molar-refractivity contribution is 5.96. The molecular weight excluding hydrogens is 252 g/mol. The molecule has 2 N–H and O–H groups in total. The number of nitrogens with one attached hydrogen (secondary N) is 1. The highest BCUT2D eigenvalue weighted by Gasteiger charge is 2.21. The van der Waals surface area contributed by atoms with Crippen LogP contribution >= 0.6 is 0 Å². The molecule has 0 spiro atoms. The van der Waals surface area contributed by atoms with Gasteiger partial charge in [0.1, 0.15) is 5.56 Å². The van der Waals surface area contributed by atoms with E-state index in [-0.39, 0.29) is 16.8 Å². The van der Waals surface area contributed by atoms with Crippen LogP contribution in [0.15, 0.2) is 41.3 Å². The molecule has 7 nitrogen and oxygen atoms in total. The second-order valence-corrected chi connectivity index (χ2v) is 3.67. The zero-order valence-corrected chi connectivity index (χ0v) is 9.49. The lowest BCUT2D eigenvalue weighted by molar-refractivity contribution is -0.384. The van der Waals surface area contributed by atoms with Crippen LogP contribution in [0.25, 0.3) is 11.1 Å². The second kappa shape index (κ2) is 4.73. The molecule has 1 aromatic heterocycles. The Labute approximate surface area is 106 Å². The van der Waals surface area contributed by atoms with Crippen LogP contribution in [-0.2, 0) is 0 Å². The minimum atomic E-state index is -1.44. The zero-order valence-electron chi connectivity index (χ0n) is 9.49. The quantitative estimate of drug-likeness (QED) is 0.643. The van der Waals surface area contributed by atoms with Gasteiger partial charge >= 0.3 is 5.97 Å². The van der Waals surface area contributed by atoms with Crippen LogP contribution in [0.5, 0.6) is 0 Å². The molecule has 0 aliphatic heterocycles. The summed E-state index contributed by atoms with van der Waals surface area (Å²) in [6.45, 7) is 0. The van der Waals surface area contributed by atoms with Crippen molar-refractivity contribution in [2.24, 2.45) is 0 Å². The number of nitrogens with zero attached hydrogens (tertiary/aromatic N) is 1. The van der Waals surface area contributed by atoms with E-state index < -0.39 is 22.0 Å². The van der Waals surface area contributed by atoms with Crippen LogP contribution in [0.3, 0.4) is 0 Å². The Morgan fingerprint density at radius 2 is 1.89 bits per heavy atom. The number of aromatic amines is 1. The maximum atomic E-state index is 11.5. The van der Waals surface area contributed by atoms with E-state index >= 15 is 0 Å². The van der Waals surface area contributed by atoms with E-state index in [4.69, 9.17) is 5.11 Å². The molecule has 0 aliphatic rings. The van der Waals surface area contributed by atoms with Crippen LogP contribution < -0.4 is 5.56 Å². The van der Waals surface area contributed by atoms with Gasteiger partial charge in [0.15, 0.2) is 0 Å². The smallest absolute Gasteiger partial charge is 0.341 e. The summed E-state index contributed by atoms with van der Waals surface area (Å²) in [6, 6.07) is 6.99. The number of carboxylic acid groups (broad SMARTS) is 1. The van der Waals surface area contributed by atoms with Crippen molar-refractivity contribution in [1.29, 1.82) is 0 Å². The van der Waals surface area contributed by atoms with Gasteiger partial charge in [-0.25, -0.2) is 4.79 Å². The third kappa shape index (κ3) is 2.21. The largest absolute Gasteiger partial charge is 0.477 e. The van der Waals surface area contributed by atoms with E-state index in [1.54, 1.807) is 0 Å². The lowest BCUT2D eigenvalue weighted by Crippen LogP contribution is -2.18. The Kier molecular flexibility index (Phi) is 3.11. The molecule has 0 aliphatic carbocycles. The predicted octanol–water partition coefficient (Wildman–Crippen LogP) is 1.65. The first kappa shape index (κ1) is 12.5. The maximum absolute atomic E-state index is 11.5. The molecule has 2 rings (SSSR count). The van der Waals surface area contributed by atoms with Crippen molar-refractivity contribution in [2.45, 2.75) is 0 Å². The lowest BCUT2D eigenvalue weighted by Gasteiger charge is -2.05. The molecule has 0 amide bonds. The topological polar surface area (TPSA) is 113 Å². The summed E-state index contributed by atoms with van der Waals surface area (Å²) in [5, 5.41) is 20.0. The Hall–Kier alpha value is -2.96. The van der Waals surface area contributed by atoms with Crippen molar-refractivity contribution in [2.75, 3.05) is 0 Å². The molecule has 0 fully saturated rings. The molecular formula is C12H8N2O5. The van der Waals surface area contributed by atoms with Crippen LogP contribution in [0, 0.1) is 10.1 Å². The van der Waals surface area contributed by atoms with E-state index in [1.807, 2.05) is 0 Å². The third-order valence-corrected chi connectivity index (χ3v) is 2.57. The van der Waals surface area contributed by atoms with Gasteiger partial charge in [-0.2, -0.15) is 0 Å². The number of H-pyrrole nitrogens is 1. The van der Waals surface area contributed by atoms with E-state index in [0.29, 0.717) is 0 Å². The number of para-hydroxylation sites is 1. The standard InChI is InChI=1S/C12H8N2O5/c15-11-10(12(16)17)8(5-6-13-11)7-3-1-2-4-9(7)14(18)19/h1-6H,(H,13,15)(H,16,17). The molecule has 0 atom stereocenters. The van der Waals surface area contributed by atoms with E-state index in [2.05, 4.69) is 4.98 Å². The first-order valence-corrected chi connectivity index (χ1v) is 5.21. The van der Waals surface area contributed by atoms with Crippen LogP contribution in [0.2, 0.25) is 0 Å². The fourth-order valence-electron chi connectivity index (χ4n) is 1.78. The molecule has 2 aromatic rings. The number of hydrogen-bond donors (Lipinski definition) is 2. The first-order chi connectivity index (χ1) is 9.02. The summed E-state index contributed by atoms with van der Waals surface area (Å²) >= 11 is 0. The Bertz CT molecular complexity index is 720. The Balaban J connectivity index is 2.80. The van der Waals surface area contributed by atoms with Gasteiger partial charge in [0.25, 0.3) is 11.2 Å². The molecule has 1 aromatic carbocycles. The second-order valence-electron chi connectivity index (χ2n) is 3.67. The number of aromatic nitrogens is 1. The van der Waals surface area contributed by atoms with Gasteiger partial charge in [-0.05, 0) is 12.1 Å². The normalized spacial score (nSPS) is 10.1. The number of rotatable bonds is 3. The number of hydrogen-bond acceptors (Lipinski definition) is 4. The summed E-state index contributed by atoms with van der Waals surface area (Å²) in [5.74, 6) is -1.44. The van der Waals surface area contributed by atoms with Crippen molar-refractivity contribution >= 4 is 11.7 Å². The van der Waals surface area contributed by atoms with Crippen molar-refractivity contribution < 1.29 is 14.8 Å². The summed E-state index contributed by atoms with van der Waals surface area (Å²) < 4.78 is 0. The van der Waals surface area contributed by atoms with E-state index in [9.17, 15) is 19.7 Å². The van der Waals surface area contributed by atoms with Gasteiger partial charge in [-0.15, -0.1) is 0 Å². The van der Waals surface area contributed by atoms with Crippen molar-refractivity contribution in [3.05, 3.63) is 62.6 Å². The van der Waals surface area contributed by atoms with Gasteiger partial charge in [0, 0.05) is 17.8 Å². The van der Waals surface area contributed by atoms with Crippen molar-refractivity contribution in [3.63, 3.8) is 0 Å². The van der Waals surface area contributed by atoms with Crippen molar-refractivity contribution in [3.8, 4) is 11.1 Å². The summed E-state index contributed by atoms with van der Waals surface area (Å²) in [5.41, 5.74) is -1.46. The van der Waals surface area contributed by atoms with Gasteiger partial charge in [-0.1, -0.05) is 12.1 Å².